The third-order valence-corrected chi connectivity index (χ3v) is 6.38. The van der Waals surface area contributed by atoms with Crippen LogP contribution in [0.15, 0.2) is 37.3 Å². The first kappa shape index (κ1) is 23.2. The molecule has 2 aromatic heterocycles. The fourth-order valence-corrected chi connectivity index (χ4v) is 4.82. The lowest BCUT2D eigenvalue weighted by Crippen LogP contribution is -2.51. The number of hydrogen-bond acceptors (Lipinski definition) is 7. The standard InChI is InChI=1S/C26H35N5O2/c1-6-9-17(3)23-19(5)24-22(14-27-23)25(31-15-20-11-12-21(16-31)28-20)30-26(29-24)33-13-8-10-18(4)32-7-2/h6,9,14,20-21,28H,1,4,7-8,10-13,15-16H2,2-3,5H3/b17-9+. The Hall–Kier alpha value is -2.93. The number of pyridine rings is 1. The maximum absolute atomic E-state index is 6.03. The van der Waals surface area contributed by atoms with E-state index in [1.54, 1.807) is 6.08 Å². The first-order valence-corrected chi connectivity index (χ1v) is 11.9. The van der Waals surface area contributed by atoms with Crippen molar-refractivity contribution in [3.05, 3.63) is 48.5 Å². The smallest absolute Gasteiger partial charge is 0.318 e. The Morgan fingerprint density at radius 3 is 2.73 bits per heavy atom. The molecule has 7 heteroatoms. The van der Waals surface area contributed by atoms with Crippen molar-refractivity contribution in [2.75, 3.05) is 31.2 Å². The van der Waals surface area contributed by atoms with Crippen LogP contribution in [0.5, 0.6) is 6.01 Å². The average Bonchev–Trinajstić information content (AvgIpc) is 3.14. The summed E-state index contributed by atoms with van der Waals surface area (Å²) in [6.45, 7) is 16.9. The molecular weight excluding hydrogens is 414 g/mol. The Labute approximate surface area is 196 Å². The third-order valence-electron chi connectivity index (χ3n) is 6.38. The van der Waals surface area contributed by atoms with Gasteiger partial charge in [0, 0.05) is 43.4 Å². The number of allylic oxidation sites excluding steroid dienone is 4. The molecule has 2 bridgehead atoms. The zero-order valence-corrected chi connectivity index (χ0v) is 20.1. The third kappa shape index (κ3) is 5.19. The summed E-state index contributed by atoms with van der Waals surface area (Å²) in [6.07, 6.45) is 9.65. The van der Waals surface area contributed by atoms with E-state index in [0.717, 1.165) is 65.2 Å². The van der Waals surface area contributed by atoms with Gasteiger partial charge in [-0.15, -0.1) is 0 Å². The van der Waals surface area contributed by atoms with Crippen LogP contribution in [0.2, 0.25) is 0 Å². The van der Waals surface area contributed by atoms with Crippen LogP contribution >= 0.6 is 0 Å². The maximum atomic E-state index is 6.03. The zero-order valence-electron chi connectivity index (χ0n) is 20.1. The van der Waals surface area contributed by atoms with E-state index in [1.807, 2.05) is 26.1 Å². The van der Waals surface area contributed by atoms with Crippen molar-refractivity contribution in [1.29, 1.82) is 0 Å². The number of nitrogens with one attached hydrogen (secondary N) is 1. The van der Waals surface area contributed by atoms with Crippen molar-refractivity contribution in [3.8, 4) is 6.01 Å². The second-order valence-electron chi connectivity index (χ2n) is 8.88. The van der Waals surface area contributed by atoms with E-state index < -0.39 is 0 Å². The van der Waals surface area contributed by atoms with Crippen LogP contribution in [-0.4, -0.2) is 53.3 Å². The van der Waals surface area contributed by atoms with Crippen LogP contribution in [0.4, 0.5) is 5.82 Å². The molecule has 0 aliphatic carbocycles. The Morgan fingerprint density at radius 2 is 2.03 bits per heavy atom. The summed E-state index contributed by atoms with van der Waals surface area (Å²) >= 11 is 0. The van der Waals surface area contributed by atoms with Crippen molar-refractivity contribution >= 4 is 22.3 Å². The van der Waals surface area contributed by atoms with E-state index in [4.69, 9.17) is 24.4 Å². The van der Waals surface area contributed by atoms with Gasteiger partial charge in [0.2, 0.25) is 0 Å². The first-order valence-electron chi connectivity index (χ1n) is 11.9. The number of piperazine rings is 1. The van der Waals surface area contributed by atoms with E-state index in [9.17, 15) is 0 Å². The highest BCUT2D eigenvalue weighted by molar-refractivity contribution is 5.93. The van der Waals surface area contributed by atoms with Crippen molar-refractivity contribution in [1.82, 2.24) is 20.3 Å². The number of aromatic nitrogens is 3. The second-order valence-corrected chi connectivity index (χ2v) is 8.88. The molecule has 4 rings (SSSR count). The molecule has 176 valence electrons. The molecule has 2 atom stereocenters. The van der Waals surface area contributed by atoms with E-state index in [1.165, 1.54) is 12.8 Å². The van der Waals surface area contributed by atoms with Gasteiger partial charge in [-0.1, -0.05) is 25.3 Å². The van der Waals surface area contributed by atoms with Gasteiger partial charge in [-0.25, -0.2) is 0 Å². The first-order chi connectivity index (χ1) is 16.0. The highest BCUT2D eigenvalue weighted by atomic mass is 16.5. The van der Waals surface area contributed by atoms with E-state index >= 15 is 0 Å². The Bertz CT molecular complexity index is 1050. The van der Waals surface area contributed by atoms with E-state index in [0.29, 0.717) is 31.3 Å². The molecule has 0 aromatic carbocycles. The number of ether oxygens (including phenoxy) is 2. The zero-order chi connectivity index (χ0) is 23.4. The summed E-state index contributed by atoms with van der Waals surface area (Å²) in [6, 6.07) is 1.43. The molecule has 33 heavy (non-hydrogen) atoms. The Balaban J connectivity index is 1.66. The monoisotopic (exact) mass is 449 g/mol. The molecule has 4 heterocycles. The molecule has 0 saturated carbocycles. The number of anilines is 1. The number of hydrogen-bond donors (Lipinski definition) is 1. The van der Waals surface area contributed by atoms with E-state index in [-0.39, 0.29) is 0 Å². The molecule has 2 aliphatic heterocycles. The second kappa shape index (κ2) is 10.3. The largest absolute Gasteiger partial charge is 0.499 e. The van der Waals surface area contributed by atoms with Crippen LogP contribution in [0, 0.1) is 6.92 Å². The molecule has 2 fully saturated rings. The van der Waals surface area contributed by atoms with Crippen molar-refractivity contribution in [2.24, 2.45) is 0 Å². The van der Waals surface area contributed by atoms with Crippen molar-refractivity contribution in [3.63, 3.8) is 0 Å². The van der Waals surface area contributed by atoms with Gasteiger partial charge in [0.05, 0.1) is 35.6 Å². The molecule has 2 aromatic rings. The predicted octanol–water partition coefficient (Wildman–Crippen LogP) is 4.57. The van der Waals surface area contributed by atoms with Gasteiger partial charge in [0.15, 0.2) is 0 Å². The highest BCUT2D eigenvalue weighted by Gasteiger charge is 2.34. The maximum Gasteiger partial charge on any atom is 0.318 e. The van der Waals surface area contributed by atoms with Crippen LogP contribution in [0.3, 0.4) is 0 Å². The van der Waals surface area contributed by atoms with Gasteiger partial charge in [0.1, 0.15) is 5.82 Å². The van der Waals surface area contributed by atoms with Crippen LogP contribution in [-0.2, 0) is 4.74 Å². The molecule has 7 nitrogen and oxygen atoms in total. The molecule has 0 amide bonds. The van der Waals surface area contributed by atoms with Gasteiger partial charge in [-0.05, 0) is 45.6 Å². The predicted molar refractivity (Wildman–Crippen MR) is 134 cm³/mol. The highest BCUT2D eigenvalue weighted by Crippen LogP contribution is 2.33. The average molecular weight is 450 g/mol. The molecule has 1 N–H and O–H groups in total. The van der Waals surface area contributed by atoms with Gasteiger partial charge in [0.25, 0.3) is 0 Å². The Kier molecular flexibility index (Phi) is 7.28. The molecule has 2 unspecified atom stereocenters. The molecule has 0 radical (unpaired) electrons. The minimum Gasteiger partial charge on any atom is -0.499 e. The van der Waals surface area contributed by atoms with Crippen LogP contribution in [0.1, 0.15) is 50.8 Å². The lowest BCUT2D eigenvalue weighted by Gasteiger charge is -2.34. The number of nitrogens with zero attached hydrogens (tertiary/aromatic N) is 4. The van der Waals surface area contributed by atoms with Gasteiger partial charge >= 0.3 is 6.01 Å². The summed E-state index contributed by atoms with van der Waals surface area (Å²) in [5, 5.41) is 4.67. The minimum atomic E-state index is 0.413. The summed E-state index contributed by atoms with van der Waals surface area (Å²) < 4.78 is 11.5. The molecule has 2 saturated heterocycles. The lowest BCUT2D eigenvalue weighted by molar-refractivity contribution is 0.209. The van der Waals surface area contributed by atoms with Crippen LogP contribution < -0.4 is 15.0 Å². The van der Waals surface area contributed by atoms with Crippen LogP contribution in [0.25, 0.3) is 16.5 Å². The molecule has 2 aliphatic rings. The van der Waals surface area contributed by atoms with Crippen molar-refractivity contribution < 1.29 is 9.47 Å². The fourth-order valence-electron chi connectivity index (χ4n) is 4.82. The summed E-state index contributed by atoms with van der Waals surface area (Å²) in [5.74, 6) is 1.70. The number of aryl methyl sites for hydroxylation is 1. The number of fused-ring (bicyclic) bond motifs is 3. The lowest BCUT2D eigenvalue weighted by atomic mass is 10.0. The summed E-state index contributed by atoms with van der Waals surface area (Å²) in [4.78, 5) is 16.8. The SMILES string of the molecule is C=C/C=C(\C)c1ncc2c(N3CC4CCC(C3)N4)nc(OCCCC(=C)OCC)nc2c1C. The molecule has 0 spiro atoms. The summed E-state index contributed by atoms with van der Waals surface area (Å²) in [5.41, 5.74) is 3.90. The summed E-state index contributed by atoms with van der Waals surface area (Å²) in [7, 11) is 0. The minimum absolute atomic E-state index is 0.413. The molecular formula is C26H35N5O2. The fraction of sp³-hybridized carbons (Fsp3) is 0.500. The van der Waals surface area contributed by atoms with E-state index in [2.05, 4.69) is 30.3 Å². The number of rotatable bonds is 10. The van der Waals surface area contributed by atoms with Gasteiger partial charge in [-0.3, -0.25) is 4.98 Å². The van der Waals surface area contributed by atoms with Gasteiger partial charge in [-0.2, -0.15) is 9.97 Å². The Morgan fingerprint density at radius 1 is 1.27 bits per heavy atom. The quantitative estimate of drug-likeness (QED) is 0.323. The van der Waals surface area contributed by atoms with Gasteiger partial charge < -0.3 is 19.7 Å². The normalized spacial score (nSPS) is 20.2. The topological polar surface area (TPSA) is 72.4 Å². The van der Waals surface area contributed by atoms with Crippen molar-refractivity contribution in [2.45, 2.75) is 58.5 Å².